The lowest BCUT2D eigenvalue weighted by molar-refractivity contribution is -0.141. The van der Waals surface area contributed by atoms with Crippen LogP contribution in [-0.4, -0.2) is 44.7 Å². The summed E-state index contributed by atoms with van der Waals surface area (Å²) >= 11 is 6.32. The molecule has 0 bridgehead atoms. The third kappa shape index (κ3) is 7.48. The van der Waals surface area contributed by atoms with Crippen molar-refractivity contribution in [2.75, 3.05) is 25.0 Å². The number of halogens is 1. The second kappa shape index (κ2) is 11.9. The predicted octanol–water partition coefficient (Wildman–Crippen LogP) is 5.28. The quantitative estimate of drug-likeness (QED) is 0.259. The number of carbonyl (C=O) groups is 1. The van der Waals surface area contributed by atoms with Crippen LogP contribution >= 0.6 is 11.6 Å². The SMILES string of the molecule is COc1ccc(Cl)c(Oc2c(NS(=O)(=O)c3ccc(C(C)(C)C)cc3)nc(C)nc2OCCOC(C)=O)c1. The summed E-state index contributed by atoms with van der Waals surface area (Å²) in [5, 5.41) is 0.226. The number of esters is 1. The normalized spacial score (nSPS) is 11.6. The van der Waals surface area contributed by atoms with E-state index in [4.69, 9.17) is 30.5 Å². The molecule has 0 aliphatic carbocycles. The number of anilines is 1. The zero-order valence-corrected chi connectivity index (χ0v) is 23.6. The number of hydrogen-bond acceptors (Lipinski definition) is 9. The van der Waals surface area contributed by atoms with Crippen molar-refractivity contribution in [3.8, 4) is 23.1 Å². The molecule has 1 heterocycles. The van der Waals surface area contributed by atoms with Crippen LogP contribution in [0, 0.1) is 6.92 Å². The highest BCUT2D eigenvalue weighted by Crippen LogP contribution is 2.41. The van der Waals surface area contributed by atoms with Crippen molar-refractivity contribution in [2.45, 2.75) is 44.9 Å². The fraction of sp³-hybridized carbons (Fsp3) is 0.346. The smallest absolute Gasteiger partial charge is 0.302 e. The second-order valence-corrected chi connectivity index (χ2v) is 11.3. The van der Waals surface area contributed by atoms with Crippen LogP contribution in [0.15, 0.2) is 47.4 Å². The zero-order chi connectivity index (χ0) is 28.1. The Morgan fingerprint density at radius 1 is 1.05 bits per heavy atom. The molecule has 10 nitrogen and oxygen atoms in total. The summed E-state index contributed by atoms with van der Waals surface area (Å²) in [5.41, 5.74) is 0.837. The van der Waals surface area contributed by atoms with Gasteiger partial charge in [0, 0.05) is 13.0 Å². The number of ether oxygens (including phenoxy) is 4. The number of rotatable bonds is 10. The van der Waals surface area contributed by atoms with Crippen molar-refractivity contribution in [1.82, 2.24) is 9.97 Å². The van der Waals surface area contributed by atoms with Crippen LogP contribution in [0.25, 0.3) is 0 Å². The Morgan fingerprint density at radius 3 is 2.34 bits per heavy atom. The molecule has 2 aromatic carbocycles. The number of nitrogens with zero attached hydrogens (tertiary/aromatic N) is 2. The summed E-state index contributed by atoms with van der Waals surface area (Å²) < 4.78 is 50.9. The molecule has 0 unspecified atom stereocenters. The molecule has 0 atom stereocenters. The molecular formula is C26H30ClN3O7S. The van der Waals surface area contributed by atoms with E-state index in [-0.39, 0.29) is 57.6 Å². The van der Waals surface area contributed by atoms with Crippen molar-refractivity contribution >= 4 is 33.4 Å². The monoisotopic (exact) mass is 563 g/mol. The minimum Gasteiger partial charge on any atom is -0.497 e. The van der Waals surface area contributed by atoms with Gasteiger partial charge >= 0.3 is 5.97 Å². The summed E-state index contributed by atoms with van der Waals surface area (Å²) in [7, 11) is -2.60. The van der Waals surface area contributed by atoms with Crippen LogP contribution in [-0.2, 0) is 25.0 Å². The van der Waals surface area contributed by atoms with E-state index in [2.05, 4.69) is 14.7 Å². The average Bonchev–Trinajstić information content (AvgIpc) is 2.84. The van der Waals surface area contributed by atoms with Crippen LogP contribution in [0.1, 0.15) is 39.1 Å². The van der Waals surface area contributed by atoms with Gasteiger partial charge in [0.15, 0.2) is 5.82 Å². The minimum absolute atomic E-state index is 0.0319. The van der Waals surface area contributed by atoms with E-state index in [1.165, 1.54) is 32.2 Å². The lowest BCUT2D eigenvalue weighted by Crippen LogP contribution is -2.17. The molecule has 3 rings (SSSR count). The van der Waals surface area contributed by atoms with E-state index in [1.54, 1.807) is 31.2 Å². The summed E-state index contributed by atoms with van der Waals surface area (Å²) in [6, 6.07) is 11.3. The van der Waals surface area contributed by atoms with Gasteiger partial charge in [0.25, 0.3) is 15.9 Å². The second-order valence-electron chi connectivity index (χ2n) is 9.22. The van der Waals surface area contributed by atoms with Crippen LogP contribution in [0.4, 0.5) is 5.82 Å². The molecule has 1 aromatic heterocycles. The molecule has 1 N–H and O–H groups in total. The fourth-order valence-electron chi connectivity index (χ4n) is 3.24. The van der Waals surface area contributed by atoms with Crippen LogP contribution < -0.4 is 18.9 Å². The Labute approximate surface area is 227 Å². The Hall–Kier alpha value is -3.57. The highest BCUT2D eigenvalue weighted by molar-refractivity contribution is 7.92. The van der Waals surface area contributed by atoms with Gasteiger partial charge < -0.3 is 18.9 Å². The van der Waals surface area contributed by atoms with Crippen LogP contribution in [0.5, 0.6) is 23.1 Å². The molecule has 0 saturated carbocycles. The van der Waals surface area contributed by atoms with Crippen molar-refractivity contribution < 1.29 is 32.2 Å². The van der Waals surface area contributed by atoms with Gasteiger partial charge in [0.2, 0.25) is 5.75 Å². The number of hydrogen-bond donors (Lipinski definition) is 1. The van der Waals surface area contributed by atoms with Crippen molar-refractivity contribution in [3.63, 3.8) is 0 Å². The number of nitrogens with one attached hydrogen (secondary N) is 1. The number of carbonyl (C=O) groups excluding carboxylic acids is 1. The molecule has 0 aliphatic rings. The van der Waals surface area contributed by atoms with Gasteiger partial charge in [-0.05, 0) is 42.2 Å². The van der Waals surface area contributed by atoms with E-state index in [0.717, 1.165) is 5.56 Å². The molecular weight excluding hydrogens is 534 g/mol. The number of sulfonamides is 1. The van der Waals surface area contributed by atoms with E-state index in [0.29, 0.717) is 5.75 Å². The Bertz CT molecular complexity index is 1410. The van der Waals surface area contributed by atoms with Gasteiger partial charge in [0.05, 0.1) is 17.0 Å². The Balaban J connectivity index is 2.03. The Morgan fingerprint density at radius 2 is 1.74 bits per heavy atom. The van der Waals surface area contributed by atoms with Gasteiger partial charge in [-0.2, -0.15) is 4.98 Å². The van der Waals surface area contributed by atoms with Crippen molar-refractivity contribution in [3.05, 3.63) is 58.9 Å². The molecule has 0 radical (unpaired) electrons. The van der Waals surface area contributed by atoms with E-state index >= 15 is 0 Å². The molecule has 0 amide bonds. The fourth-order valence-corrected chi connectivity index (χ4v) is 4.40. The van der Waals surface area contributed by atoms with Gasteiger partial charge in [-0.1, -0.05) is 44.5 Å². The van der Waals surface area contributed by atoms with Crippen molar-refractivity contribution in [2.24, 2.45) is 0 Å². The summed E-state index contributed by atoms with van der Waals surface area (Å²) in [6.07, 6.45) is 0. The maximum atomic E-state index is 13.3. The van der Waals surface area contributed by atoms with Gasteiger partial charge in [-0.25, -0.2) is 13.4 Å². The van der Waals surface area contributed by atoms with Gasteiger partial charge in [0.1, 0.15) is 30.5 Å². The highest BCUT2D eigenvalue weighted by Gasteiger charge is 2.25. The van der Waals surface area contributed by atoms with Crippen molar-refractivity contribution in [1.29, 1.82) is 0 Å². The topological polar surface area (TPSA) is 126 Å². The molecule has 0 spiro atoms. The standard InChI is InChI=1S/C26H30ClN3O7S/c1-16-28-24(30-38(32,33)20-10-7-18(8-11-20)26(3,4)5)23(25(29-16)36-14-13-35-17(2)31)37-22-15-19(34-6)9-12-21(22)27/h7-12,15H,13-14H2,1-6H3,(H,28,29,30). The molecule has 204 valence electrons. The summed E-state index contributed by atoms with van der Waals surface area (Å²) in [5.74, 6) is -0.0453. The highest BCUT2D eigenvalue weighted by atomic mass is 35.5. The van der Waals surface area contributed by atoms with Crippen LogP contribution in [0.2, 0.25) is 5.02 Å². The molecule has 3 aromatic rings. The molecule has 38 heavy (non-hydrogen) atoms. The lowest BCUT2D eigenvalue weighted by atomic mass is 9.87. The first-order valence-corrected chi connectivity index (χ1v) is 13.5. The molecule has 0 fully saturated rings. The minimum atomic E-state index is -4.09. The summed E-state index contributed by atoms with van der Waals surface area (Å²) in [4.78, 5) is 19.6. The number of aromatic nitrogens is 2. The van der Waals surface area contributed by atoms with E-state index in [9.17, 15) is 13.2 Å². The number of methoxy groups -OCH3 is 1. The first-order chi connectivity index (χ1) is 17.8. The Kier molecular flexibility index (Phi) is 9.05. The third-order valence-electron chi connectivity index (χ3n) is 5.19. The van der Waals surface area contributed by atoms with Gasteiger partial charge in [-0.3, -0.25) is 9.52 Å². The first kappa shape index (κ1) is 29.0. The van der Waals surface area contributed by atoms with E-state index < -0.39 is 16.0 Å². The predicted molar refractivity (Wildman–Crippen MR) is 143 cm³/mol. The summed E-state index contributed by atoms with van der Waals surface area (Å²) in [6.45, 7) is 8.82. The molecule has 0 saturated heterocycles. The number of aryl methyl sites for hydroxylation is 1. The van der Waals surface area contributed by atoms with Crippen LogP contribution in [0.3, 0.4) is 0 Å². The average molecular weight is 564 g/mol. The molecule has 12 heteroatoms. The largest absolute Gasteiger partial charge is 0.497 e. The first-order valence-electron chi connectivity index (χ1n) is 11.6. The lowest BCUT2D eigenvalue weighted by Gasteiger charge is -2.20. The van der Waals surface area contributed by atoms with Gasteiger partial charge in [-0.15, -0.1) is 0 Å². The van der Waals surface area contributed by atoms with E-state index in [1.807, 2.05) is 20.8 Å². The zero-order valence-electron chi connectivity index (χ0n) is 22.0. The maximum Gasteiger partial charge on any atom is 0.302 e. The molecule has 0 aliphatic heterocycles. The third-order valence-corrected chi connectivity index (χ3v) is 6.85. The maximum absolute atomic E-state index is 13.3. The number of benzene rings is 2.